The predicted octanol–water partition coefficient (Wildman–Crippen LogP) is 3.86. The number of hydrogen-bond donors (Lipinski definition) is 0. The summed E-state index contributed by atoms with van der Waals surface area (Å²) in [5, 5.41) is 11.2. The van der Waals surface area contributed by atoms with Gasteiger partial charge in [-0.25, -0.2) is 0 Å². The summed E-state index contributed by atoms with van der Waals surface area (Å²) in [6.45, 7) is 1.85. The summed E-state index contributed by atoms with van der Waals surface area (Å²) in [6, 6.07) is 9.06. The van der Waals surface area contributed by atoms with Crippen LogP contribution in [0.25, 0.3) is 6.08 Å². The van der Waals surface area contributed by atoms with Gasteiger partial charge in [0.25, 0.3) is 0 Å². The molecule has 0 aliphatic carbocycles. The van der Waals surface area contributed by atoms with Crippen LogP contribution >= 0.6 is 11.3 Å². The summed E-state index contributed by atoms with van der Waals surface area (Å²) in [4.78, 5) is 13.0. The zero-order valence-corrected chi connectivity index (χ0v) is 13.4. The summed E-state index contributed by atoms with van der Waals surface area (Å²) in [5.74, 6) is 0.920. The molecule has 1 aromatic carbocycles. The first kappa shape index (κ1) is 15.8. The van der Waals surface area contributed by atoms with Crippen LogP contribution in [-0.2, 0) is 0 Å². The molecule has 0 spiro atoms. The maximum Gasteiger partial charge on any atom is 0.213 e. The van der Waals surface area contributed by atoms with Crippen molar-refractivity contribution >= 4 is 23.2 Å². The molecule has 1 heterocycles. The van der Waals surface area contributed by atoms with E-state index in [2.05, 4.69) is 0 Å². The smallest absolute Gasteiger partial charge is 0.213 e. The topological polar surface area (TPSA) is 59.3 Å². The third-order valence-electron chi connectivity index (χ3n) is 3.17. The zero-order valence-electron chi connectivity index (χ0n) is 12.5. The molecule has 0 radical (unpaired) electrons. The van der Waals surface area contributed by atoms with Crippen molar-refractivity contribution in [1.82, 2.24) is 0 Å². The molecule has 0 unspecified atom stereocenters. The monoisotopic (exact) mass is 313 g/mol. The maximum atomic E-state index is 12.4. The van der Waals surface area contributed by atoms with E-state index >= 15 is 0 Å². The highest BCUT2D eigenvalue weighted by molar-refractivity contribution is 7.12. The maximum absolute atomic E-state index is 12.4. The Bertz CT molecular complexity index is 768. The van der Waals surface area contributed by atoms with Gasteiger partial charge in [0.05, 0.1) is 19.1 Å². The zero-order chi connectivity index (χ0) is 16.1. The largest absolute Gasteiger partial charge is 0.497 e. The number of ether oxygens (including phenoxy) is 2. The summed E-state index contributed by atoms with van der Waals surface area (Å²) < 4.78 is 10.4. The van der Waals surface area contributed by atoms with Crippen LogP contribution in [0.2, 0.25) is 0 Å². The molecule has 0 aliphatic rings. The molecule has 2 aromatic rings. The van der Waals surface area contributed by atoms with E-state index in [0.29, 0.717) is 21.9 Å². The van der Waals surface area contributed by atoms with E-state index in [1.54, 1.807) is 31.4 Å². The number of thiophene rings is 1. The molecule has 1 aromatic heterocycles. The van der Waals surface area contributed by atoms with Crippen LogP contribution in [0, 0.1) is 18.3 Å². The van der Waals surface area contributed by atoms with Crippen molar-refractivity contribution in [3.63, 3.8) is 0 Å². The van der Waals surface area contributed by atoms with Gasteiger partial charge in [-0.2, -0.15) is 5.26 Å². The van der Waals surface area contributed by atoms with E-state index in [1.165, 1.54) is 18.4 Å². The quantitative estimate of drug-likeness (QED) is 0.478. The van der Waals surface area contributed by atoms with Crippen LogP contribution in [0.1, 0.15) is 20.8 Å². The third-order valence-corrected chi connectivity index (χ3v) is 4.19. The first-order chi connectivity index (χ1) is 10.6. The molecule has 22 heavy (non-hydrogen) atoms. The van der Waals surface area contributed by atoms with Gasteiger partial charge in [-0.3, -0.25) is 4.79 Å². The number of aryl methyl sites for hydroxylation is 1. The number of allylic oxidation sites excluding steroid dienone is 1. The summed E-state index contributed by atoms with van der Waals surface area (Å²) in [7, 11) is 3.09. The Labute approximate surface area is 133 Å². The minimum atomic E-state index is -0.270. The Morgan fingerprint density at radius 1 is 1.27 bits per heavy atom. The highest BCUT2D eigenvalue weighted by Gasteiger charge is 2.16. The van der Waals surface area contributed by atoms with Gasteiger partial charge in [-0.15, -0.1) is 11.3 Å². The highest BCUT2D eigenvalue weighted by Crippen LogP contribution is 2.28. The van der Waals surface area contributed by atoms with Crippen molar-refractivity contribution in [3.8, 4) is 17.6 Å². The van der Waals surface area contributed by atoms with E-state index in [-0.39, 0.29) is 11.4 Å². The fraction of sp³-hybridized carbons (Fsp3) is 0.176. The number of methoxy groups -OCH3 is 2. The molecule has 0 bridgehead atoms. The predicted molar refractivity (Wildman–Crippen MR) is 86.5 cm³/mol. The van der Waals surface area contributed by atoms with Crippen molar-refractivity contribution in [2.24, 2.45) is 0 Å². The molecule has 112 valence electrons. The van der Waals surface area contributed by atoms with E-state index < -0.39 is 0 Å². The Morgan fingerprint density at radius 3 is 2.59 bits per heavy atom. The van der Waals surface area contributed by atoms with E-state index in [4.69, 9.17) is 9.47 Å². The number of nitrogens with zero attached hydrogens (tertiary/aromatic N) is 1. The molecule has 0 aliphatic heterocycles. The lowest BCUT2D eigenvalue weighted by molar-refractivity contribution is 0.104. The second-order valence-electron chi connectivity index (χ2n) is 4.54. The van der Waals surface area contributed by atoms with Gasteiger partial charge in [0.1, 0.15) is 23.1 Å². The average Bonchev–Trinajstić information content (AvgIpc) is 2.97. The summed E-state index contributed by atoms with van der Waals surface area (Å²) in [6.07, 6.45) is 1.54. The molecular formula is C17H15NO3S. The van der Waals surface area contributed by atoms with Gasteiger partial charge in [0.15, 0.2) is 0 Å². The van der Waals surface area contributed by atoms with Gasteiger partial charge in [-0.05, 0) is 42.1 Å². The molecule has 4 nitrogen and oxygen atoms in total. The summed E-state index contributed by atoms with van der Waals surface area (Å²) in [5.41, 5.74) is 1.61. The van der Waals surface area contributed by atoms with Gasteiger partial charge in [-0.1, -0.05) is 0 Å². The number of nitriles is 1. The molecule has 0 atom stereocenters. The van der Waals surface area contributed by atoms with Gasteiger partial charge < -0.3 is 9.47 Å². The number of rotatable bonds is 5. The Morgan fingerprint density at radius 2 is 2.05 bits per heavy atom. The Hall–Kier alpha value is -2.58. The fourth-order valence-corrected chi connectivity index (χ4v) is 2.85. The molecule has 0 fully saturated rings. The van der Waals surface area contributed by atoms with E-state index in [0.717, 1.165) is 5.56 Å². The molecule has 0 N–H and O–H groups in total. The summed E-state index contributed by atoms with van der Waals surface area (Å²) >= 11 is 1.34. The molecule has 0 saturated heterocycles. The lowest BCUT2D eigenvalue weighted by atomic mass is 10.0. The van der Waals surface area contributed by atoms with Crippen LogP contribution in [-0.4, -0.2) is 20.0 Å². The first-order valence-electron chi connectivity index (χ1n) is 6.53. The lowest BCUT2D eigenvalue weighted by Gasteiger charge is -2.08. The molecule has 5 heteroatoms. The molecule has 0 amide bonds. The van der Waals surface area contributed by atoms with E-state index in [9.17, 15) is 10.1 Å². The van der Waals surface area contributed by atoms with Crippen LogP contribution < -0.4 is 9.47 Å². The van der Waals surface area contributed by atoms with Crippen molar-refractivity contribution in [1.29, 1.82) is 5.26 Å². The van der Waals surface area contributed by atoms with Crippen LogP contribution in [0.4, 0.5) is 0 Å². The lowest BCUT2D eigenvalue weighted by Crippen LogP contribution is -2.01. The second kappa shape index (κ2) is 6.92. The van der Waals surface area contributed by atoms with E-state index in [1.807, 2.05) is 24.4 Å². The number of carbonyl (C=O) groups excluding carboxylic acids is 1. The average molecular weight is 313 g/mol. The van der Waals surface area contributed by atoms with Crippen molar-refractivity contribution < 1.29 is 14.3 Å². The number of ketones is 1. The number of carbonyl (C=O) groups is 1. The first-order valence-corrected chi connectivity index (χ1v) is 7.41. The highest BCUT2D eigenvalue weighted by atomic mass is 32.1. The molecule has 0 saturated carbocycles. The van der Waals surface area contributed by atoms with Crippen LogP contribution in [0.5, 0.6) is 11.5 Å². The second-order valence-corrected chi connectivity index (χ2v) is 5.46. The number of benzene rings is 1. The van der Waals surface area contributed by atoms with Crippen LogP contribution in [0.3, 0.4) is 0 Å². The van der Waals surface area contributed by atoms with Gasteiger partial charge >= 0.3 is 0 Å². The van der Waals surface area contributed by atoms with Crippen molar-refractivity contribution in [2.45, 2.75) is 6.92 Å². The number of hydrogen-bond acceptors (Lipinski definition) is 5. The minimum Gasteiger partial charge on any atom is -0.497 e. The third kappa shape index (κ3) is 3.18. The normalized spacial score (nSPS) is 10.9. The number of Topliss-reactive ketones (excluding diaryl/α,β-unsaturated/α-hetero) is 1. The van der Waals surface area contributed by atoms with Crippen molar-refractivity contribution in [3.05, 3.63) is 51.2 Å². The molecular weight excluding hydrogens is 298 g/mol. The fourth-order valence-electron chi connectivity index (χ4n) is 1.97. The molecule has 2 rings (SSSR count). The van der Waals surface area contributed by atoms with Gasteiger partial charge in [0, 0.05) is 11.6 Å². The standard InChI is InChI=1S/C17H15NO3S/c1-11-6-7-22-17(11)16(19)13(10-18)8-12-4-5-14(20-2)9-15(12)21-3/h4-9H,1-3H3/b13-8-. The Balaban J connectivity index is 2.44. The van der Waals surface area contributed by atoms with Crippen molar-refractivity contribution in [2.75, 3.05) is 14.2 Å². The van der Waals surface area contributed by atoms with Crippen LogP contribution in [0.15, 0.2) is 35.2 Å². The SMILES string of the molecule is COc1ccc(/C=C(/C#N)C(=O)c2sccc2C)c(OC)c1. The van der Waals surface area contributed by atoms with Gasteiger partial charge in [0.2, 0.25) is 5.78 Å². The Kier molecular flexibility index (Phi) is 4.97. The minimum absolute atomic E-state index is 0.0778.